The lowest BCUT2D eigenvalue weighted by molar-refractivity contribution is -0.0998. The van der Waals surface area contributed by atoms with Gasteiger partial charge >= 0.3 is 0 Å². The molecule has 17 heavy (non-hydrogen) atoms. The summed E-state index contributed by atoms with van der Waals surface area (Å²) in [4.78, 5) is 11.9. The molecule has 0 aromatic carbocycles. The fourth-order valence-corrected chi connectivity index (χ4v) is 2.32. The largest absolute Gasteiger partial charge is 0.507 e. The van der Waals surface area contributed by atoms with E-state index < -0.39 is 6.29 Å². The molecule has 0 aliphatic carbocycles. The van der Waals surface area contributed by atoms with Crippen molar-refractivity contribution >= 4 is 0 Å². The van der Waals surface area contributed by atoms with Gasteiger partial charge in [-0.2, -0.15) is 0 Å². The van der Waals surface area contributed by atoms with Crippen molar-refractivity contribution in [3.8, 4) is 5.75 Å². The molecule has 1 aromatic heterocycles. The predicted molar refractivity (Wildman–Crippen MR) is 62.0 cm³/mol. The first-order valence-electron chi connectivity index (χ1n) is 5.82. The minimum atomic E-state index is -1.17. The number of aromatic nitrogens is 1. The van der Waals surface area contributed by atoms with E-state index in [9.17, 15) is 15.0 Å². The summed E-state index contributed by atoms with van der Waals surface area (Å²) in [6.07, 6.45) is 0.366. The molecule has 0 amide bonds. The Morgan fingerprint density at radius 1 is 1.53 bits per heavy atom. The molecule has 5 heteroatoms. The number of rotatable bonds is 3. The van der Waals surface area contributed by atoms with Crippen molar-refractivity contribution in [2.75, 3.05) is 6.61 Å². The molecule has 0 radical (unpaired) electrons. The van der Waals surface area contributed by atoms with Gasteiger partial charge in [-0.1, -0.05) is 0 Å². The Morgan fingerprint density at radius 3 is 2.88 bits per heavy atom. The van der Waals surface area contributed by atoms with Crippen LogP contribution in [-0.4, -0.2) is 21.4 Å². The summed E-state index contributed by atoms with van der Waals surface area (Å²) in [6, 6.07) is 0. The Morgan fingerprint density at radius 2 is 2.24 bits per heavy atom. The number of ether oxygens (including phenoxy) is 1. The summed E-state index contributed by atoms with van der Waals surface area (Å²) in [6.45, 7) is 4.31. The van der Waals surface area contributed by atoms with Gasteiger partial charge in [-0.3, -0.25) is 4.79 Å². The maximum Gasteiger partial charge on any atom is 0.257 e. The highest BCUT2D eigenvalue weighted by atomic mass is 16.6. The molecule has 1 aromatic rings. The Balaban J connectivity index is 2.63. The van der Waals surface area contributed by atoms with E-state index in [1.165, 1.54) is 0 Å². The number of hydrogen-bond acceptors (Lipinski definition) is 4. The Hall–Kier alpha value is -1.33. The quantitative estimate of drug-likeness (QED) is 0.767. The molecule has 1 atom stereocenters. The Kier molecular flexibility index (Phi) is 3.22. The molecule has 0 saturated heterocycles. The minimum Gasteiger partial charge on any atom is -0.507 e. The van der Waals surface area contributed by atoms with E-state index >= 15 is 0 Å². The van der Waals surface area contributed by atoms with Gasteiger partial charge in [-0.05, 0) is 26.7 Å². The van der Waals surface area contributed by atoms with Crippen LogP contribution in [0, 0.1) is 6.92 Å². The van der Waals surface area contributed by atoms with E-state index in [1.807, 2.05) is 0 Å². The summed E-state index contributed by atoms with van der Waals surface area (Å²) < 4.78 is 6.73. The fourth-order valence-electron chi connectivity index (χ4n) is 2.32. The molecule has 0 bridgehead atoms. The molecule has 1 aliphatic heterocycles. The van der Waals surface area contributed by atoms with E-state index in [4.69, 9.17) is 4.74 Å². The van der Waals surface area contributed by atoms with Crippen LogP contribution in [-0.2, 0) is 17.7 Å². The smallest absolute Gasteiger partial charge is 0.257 e. The summed E-state index contributed by atoms with van der Waals surface area (Å²) >= 11 is 0. The van der Waals surface area contributed by atoms with Gasteiger partial charge in [0.1, 0.15) is 5.75 Å². The molecule has 5 nitrogen and oxygen atoms in total. The lowest BCUT2D eigenvalue weighted by atomic mass is 10.1. The first-order valence-corrected chi connectivity index (χ1v) is 5.82. The third kappa shape index (κ3) is 1.85. The van der Waals surface area contributed by atoms with Gasteiger partial charge in [0.25, 0.3) is 5.56 Å². The zero-order chi connectivity index (χ0) is 12.6. The van der Waals surface area contributed by atoms with Crippen molar-refractivity contribution in [1.82, 2.24) is 4.57 Å². The van der Waals surface area contributed by atoms with Crippen LogP contribution in [0.5, 0.6) is 5.75 Å². The van der Waals surface area contributed by atoms with E-state index in [2.05, 4.69) is 0 Å². The van der Waals surface area contributed by atoms with E-state index in [-0.39, 0.29) is 16.9 Å². The maximum atomic E-state index is 11.9. The van der Waals surface area contributed by atoms with Crippen LogP contribution in [0.3, 0.4) is 0 Å². The molecule has 1 unspecified atom stereocenters. The van der Waals surface area contributed by atoms with Crippen molar-refractivity contribution in [3.63, 3.8) is 0 Å². The number of fused-ring (bicyclic) bond motifs is 1. The van der Waals surface area contributed by atoms with Crippen LogP contribution in [0.4, 0.5) is 0 Å². The van der Waals surface area contributed by atoms with Crippen LogP contribution in [0.2, 0.25) is 0 Å². The molecule has 2 heterocycles. The highest BCUT2D eigenvalue weighted by Crippen LogP contribution is 2.32. The minimum absolute atomic E-state index is 0.135. The van der Waals surface area contributed by atoms with Crippen LogP contribution >= 0.6 is 0 Å². The van der Waals surface area contributed by atoms with Crippen molar-refractivity contribution in [3.05, 3.63) is 27.2 Å². The van der Waals surface area contributed by atoms with Gasteiger partial charge in [0.2, 0.25) is 0 Å². The summed E-state index contributed by atoms with van der Waals surface area (Å²) in [5.41, 5.74) is 1.13. The lowest BCUT2D eigenvalue weighted by Crippen LogP contribution is -2.24. The van der Waals surface area contributed by atoms with Gasteiger partial charge in [0, 0.05) is 18.8 Å². The average molecular weight is 239 g/mol. The Bertz CT molecular complexity index is 492. The second-order valence-electron chi connectivity index (χ2n) is 4.20. The lowest BCUT2D eigenvalue weighted by Gasteiger charge is -2.18. The number of pyridine rings is 1. The molecular formula is C12H17NO4. The third-order valence-corrected chi connectivity index (χ3v) is 3.18. The van der Waals surface area contributed by atoms with Gasteiger partial charge < -0.3 is 19.5 Å². The van der Waals surface area contributed by atoms with Gasteiger partial charge in [0.05, 0.1) is 11.1 Å². The number of aliphatic hydroxyl groups is 1. The average Bonchev–Trinajstić information content (AvgIpc) is 2.75. The first kappa shape index (κ1) is 12.1. The van der Waals surface area contributed by atoms with Crippen LogP contribution in [0.15, 0.2) is 4.79 Å². The molecule has 2 rings (SSSR count). The monoisotopic (exact) mass is 239 g/mol. The summed E-state index contributed by atoms with van der Waals surface area (Å²) in [5, 5.41) is 19.9. The fraction of sp³-hybridized carbons (Fsp3) is 0.583. The van der Waals surface area contributed by atoms with Crippen LogP contribution < -0.4 is 5.56 Å². The van der Waals surface area contributed by atoms with Gasteiger partial charge in [-0.25, -0.2) is 0 Å². The SMILES string of the molecule is CCOC(O)c1c(O)c(C)c(=O)n2c1CCC2. The van der Waals surface area contributed by atoms with Crippen molar-refractivity contribution in [2.45, 2.75) is 39.5 Å². The van der Waals surface area contributed by atoms with Gasteiger partial charge in [-0.15, -0.1) is 0 Å². The maximum absolute atomic E-state index is 11.9. The third-order valence-electron chi connectivity index (χ3n) is 3.18. The summed E-state index contributed by atoms with van der Waals surface area (Å²) in [7, 11) is 0. The molecule has 94 valence electrons. The molecular weight excluding hydrogens is 222 g/mol. The predicted octanol–water partition coefficient (Wildman–Crippen LogP) is 0.836. The normalized spacial score (nSPS) is 15.9. The van der Waals surface area contributed by atoms with Crippen LogP contribution in [0.1, 0.15) is 36.5 Å². The molecule has 0 spiro atoms. The number of aromatic hydroxyl groups is 1. The number of aliphatic hydroxyl groups excluding tert-OH is 1. The molecule has 0 fully saturated rings. The topological polar surface area (TPSA) is 71.7 Å². The second kappa shape index (κ2) is 4.50. The first-order chi connectivity index (χ1) is 8.07. The van der Waals surface area contributed by atoms with Crippen molar-refractivity contribution in [2.24, 2.45) is 0 Å². The molecule has 2 N–H and O–H groups in total. The standard InChI is InChI=1S/C12H17NO4/c1-3-17-12(16)9-8-5-4-6-13(8)11(15)7(2)10(9)14/h12,14,16H,3-6H2,1-2H3. The van der Waals surface area contributed by atoms with E-state index in [0.29, 0.717) is 30.8 Å². The zero-order valence-corrected chi connectivity index (χ0v) is 10.1. The number of nitrogens with zero attached hydrogens (tertiary/aromatic N) is 1. The molecule has 0 saturated carbocycles. The van der Waals surface area contributed by atoms with Gasteiger partial charge in [0.15, 0.2) is 6.29 Å². The van der Waals surface area contributed by atoms with E-state index in [0.717, 1.165) is 6.42 Å². The summed E-state index contributed by atoms with van der Waals surface area (Å²) in [5.74, 6) is -0.135. The van der Waals surface area contributed by atoms with E-state index in [1.54, 1.807) is 18.4 Å². The van der Waals surface area contributed by atoms with Crippen LogP contribution in [0.25, 0.3) is 0 Å². The van der Waals surface area contributed by atoms with Crippen molar-refractivity contribution < 1.29 is 14.9 Å². The van der Waals surface area contributed by atoms with Crippen molar-refractivity contribution in [1.29, 1.82) is 0 Å². The second-order valence-corrected chi connectivity index (χ2v) is 4.20. The number of hydrogen-bond donors (Lipinski definition) is 2. The Labute approximate surface area is 99.3 Å². The zero-order valence-electron chi connectivity index (χ0n) is 10.1. The molecule has 1 aliphatic rings. The highest BCUT2D eigenvalue weighted by Gasteiger charge is 2.26. The highest BCUT2D eigenvalue weighted by molar-refractivity contribution is 5.43.